The van der Waals surface area contributed by atoms with E-state index >= 15 is 0 Å². The highest BCUT2D eigenvalue weighted by molar-refractivity contribution is 6.30. The van der Waals surface area contributed by atoms with Gasteiger partial charge in [-0.3, -0.25) is 4.79 Å². The SMILES string of the molecule is O=Cc1cccc(C2C=CN(c3ccc(Cl)cc3)C2)c1. The van der Waals surface area contributed by atoms with Crippen molar-refractivity contribution < 1.29 is 4.79 Å². The third-order valence-corrected chi connectivity index (χ3v) is 3.78. The average Bonchev–Trinajstić information content (AvgIpc) is 2.98. The molecule has 2 aromatic rings. The van der Waals surface area contributed by atoms with Crippen LogP contribution in [0.3, 0.4) is 0 Å². The van der Waals surface area contributed by atoms with Gasteiger partial charge in [-0.25, -0.2) is 0 Å². The molecule has 100 valence electrons. The molecule has 0 saturated heterocycles. The molecule has 0 amide bonds. The number of rotatable bonds is 3. The van der Waals surface area contributed by atoms with Gasteiger partial charge in [-0.15, -0.1) is 0 Å². The molecule has 2 nitrogen and oxygen atoms in total. The van der Waals surface area contributed by atoms with Gasteiger partial charge in [0.15, 0.2) is 0 Å². The molecule has 0 fully saturated rings. The highest BCUT2D eigenvalue weighted by Crippen LogP contribution is 2.29. The fourth-order valence-corrected chi connectivity index (χ4v) is 2.57. The summed E-state index contributed by atoms with van der Waals surface area (Å²) in [6.45, 7) is 0.879. The maximum absolute atomic E-state index is 10.9. The van der Waals surface area contributed by atoms with E-state index in [1.54, 1.807) is 0 Å². The molecule has 0 aromatic heterocycles. The number of benzene rings is 2. The van der Waals surface area contributed by atoms with Crippen LogP contribution in [0.2, 0.25) is 5.02 Å². The maximum Gasteiger partial charge on any atom is 0.150 e. The third kappa shape index (κ3) is 2.61. The molecule has 1 aliphatic heterocycles. The molecular weight excluding hydrogens is 270 g/mol. The van der Waals surface area contributed by atoms with Crippen LogP contribution in [0.4, 0.5) is 5.69 Å². The zero-order valence-electron chi connectivity index (χ0n) is 10.9. The van der Waals surface area contributed by atoms with Crippen molar-refractivity contribution in [3.05, 3.63) is 77.0 Å². The summed E-state index contributed by atoms with van der Waals surface area (Å²) >= 11 is 5.91. The second-order valence-electron chi connectivity index (χ2n) is 4.86. The van der Waals surface area contributed by atoms with Gasteiger partial charge < -0.3 is 4.90 Å². The number of aldehydes is 1. The molecule has 0 spiro atoms. The van der Waals surface area contributed by atoms with Crippen LogP contribution in [-0.2, 0) is 0 Å². The highest BCUT2D eigenvalue weighted by Gasteiger charge is 2.18. The molecule has 2 aromatic carbocycles. The molecular formula is C17H14ClNO. The van der Waals surface area contributed by atoms with Crippen molar-refractivity contribution in [3.8, 4) is 0 Å². The summed E-state index contributed by atoms with van der Waals surface area (Å²) < 4.78 is 0. The molecule has 0 saturated carbocycles. The summed E-state index contributed by atoms with van der Waals surface area (Å²) in [6.07, 6.45) is 5.14. The summed E-state index contributed by atoms with van der Waals surface area (Å²) in [6, 6.07) is 15.6. The maximum atomic E-state index is 10.9. The Labute approximate surface area is 123 Å². The average molecular weight is 284 g/mol. The van der Waals surface area contributed by atoms with E-state index in [4.69, 9.17) is 11.6 Å². The minimum absolute atomic E-state index is 0.311. The number of hydrogen-bond acceptors (Lipinski definition) is 2. The van der Waals surface area contributed by atoms with Crippen molar-refractivity contribution in [2.75, 3.05) is 11.4 Å². The predicted molar refractivity (Wildman–Crippen MR) is 82.5 cm³/mol. The van der Waals surface area contributed by atoms with Gasteiger partial charge in [0.05, 0.1) is 0 Å². The van der Waals surface area contributed by atoms with E-state index in [0.717, 1.165) is 29.1 Å². The van der Waals surface area contributed by atoms with Crippen LogP contribution < -0.4 is 4.90 Å². The van der Waals surface area contributed by atoms with Crippen molar-refractivity contribution in [3.63, 3.8) is 0 Å². The Morgan fingerprint density at radius 1 is 1.15 bits per heavy atom. The van der Waals surface area contributed by atoms with Gasteiger partial charge in [0.25, 0.3) is 0 Å². The van der Waals surface area contributed by atoms with Gasteiger partial charge in [0.2, 0.25) is 0 Å². The topological polar surface area (TPSA) is 20.3 Å². The smallest absolute Gasteiger partial charge is 0.150 e. The lowest BCUT2D eigenvalue weighted by molar-refractivity contribution is 0.112. The monoisotopic (exact) mass is 283 g/mol. The number of carbonyl (C=O) groups excluding carboxylic acids is 1. The summed E-state index contributed by atoms with van der Waals surface area (Å²) in [7, 11) is 0. The van der Waals surface area contributed by atoms with E-state index in [-0.39, 0.29) is 0 Å². The van der Waals surface area contributed by atoms with E-state index in [9.17, 15) is 4.79 Å². The standard InChI is InChI=1S/C17H14ClNO/c18-16-4-6-17(7-5-16)19-9-8-15(11-19)14-3-1-2-13(10-14)12-20/h1-10,12,15H,11H2. The lowest BCUT2D eigenvalue weighted by Gasteiger charge is -2.18. The first-order chi connectivity index (χ1) is 9.76. The number of hydrogen-bond donors (Lipinski definition) is 0. The normalized spacial score (nSPS) is 17.4. The predicted octanol–water partition coefficient (Wildman–Crippen LogP) is 4.27. The number of nitrogens with zero attached hydrogens (tertiary/aromatic N) is 1. The molecule has 1 unspecified atom stereocenters. The minimum atomic E-state index is 0.311. The Hall–Kier alpha value is -2.06. The Kier molecular flexibility index (Phi) is 3.57. The fraction of sp³-hybridized carbons (Fsp3) is 0.118. The van der Waals surface area contributed by atoms with E-state index in [0.29, 0.717) is 5.92 Å². The minimum Gasteiger partial charge on any atom is -0.347 e. The van der Waals surface area contributed by atoms with Crippen LogP contribution >= 0.6 is 11.6 Å². The van der Waals surface area contributed by atoms with Crippen molar-refractivity contribution in [2.24, 2.45) is 0 Å². The van der Waals surface area contributed by atoms with Crippen LogP contribution in [0.5, 0.6) is 0 Å². The van der Waals surface area contributed by atoms with Gasteiger partial charge in [-0.2, -0.15) is 0 Å². The summed E-state index contributed by atoms with van der Waals surface area (Å²) in [5.74, 6) is 0.311. The van der Waals surface area contributed by atoms with Crippen LogP contribution in [0, 0.1) is 0 Å². The van der Waals surface area contributed by atoms with Crippen molar-refractivity contribution in [2.45, 2.75) is 5.92 Å². The number of carbonyl (C=O) groups is 1. The van der Waals surface area contributed by atoms with Crippen molar-refractivity contribution in [1.82, 2.24) is 0 Å². The molecule has 3 heteroatoms. The number of anilines is 1. The van der Waals surface area contributed by atoms with E-state index in [1.165, 1.54) is 5.56 Å². The molecule has 0 radical (unpaired) electrons. The molecule has 0 bridgehead atoms. The zero-order chi connectivity index (χ0) is 13.9. The first kappa shape index (κ1) is 12.9. The van der Waals surface area contributed by atoms with Crippen LogP contribution in [0.15, 0.2) is 60.8 Å². The molecule has 1 atom stereocenters. The van der Waals surface area contributed by atoms with Gasteiger partial charge in [-0.1, -0.05) is 35.9 Å². The fourth-order valence-electron chi connectivity index (χ4n) is 2.44. The molecule has 0 aliphatic carbocycles. The van der Waals surface area contributed by atoms with Crippen molar-refractivity contribution in [1.29, 1.82) is 0 Å². The summed E-state index contributed by atoms with van der Waals surface area (Å²) in [4.78, 5) is 13.0. The summed E-state index contributed by atoms with van der Waals surface area (Å²) in [5.41, 5.74) is 3.02. The van der Waals surface area contributed by atoms with Crippen LogP contribution in [0.1, 0.15) is 21.8 Å². The van der Waals surface area contributed by atoms with Crippen LogP contribution in [0.25, 0.3) is 0 Å². The Morgan fingerprint density at radius 2 is 1.95 bits per heavy atom. The molecule has 3 rings (SSSR count). The van der Waals surface area contributed by atoms with E-state index in [1.807, 2.05) is 42.5 Å². The largest absolute Gasteiger partial charge is 0.347 e. The summed E-state index contributed by atoms with van der Waals surface area (Å²) in [5, 5.41) is 0.743. The molecule has 1 aliphatic rings. The first-order valence-electron chi connectivity index (χ1n) is 6.52. The molecule has 0 N–H and O–H groups in total. The Bertz CT molecular complexity index is 648. The van der Waals surface area contributed by atoms with Crippen molar-refractivity contribution >= 4 is 23.6 Å². The first-order valence-corrected chi connectivity index (χ1v) is 6.90. The Morgan fingerprint density at radius 3 is 2.70 bits per heavy atom. The lowest BCUT2D eigenvalue weighted by Crippen LogP contribution is -2.16. The zero-order valence-corrected chi connectivity index (χ0v) is 11.6. The quantitative estimate of drug-likeness (QED) is 0.784. The van der Waals surface area contributed by atoms with Gasteiger partial charge in [0.1, 0.15) is 6.29 Å². The Balaban J connectivity index is 1.78. The lowest BCUT2D eigenvalue weighted by atomic mass is 9.99. The highest BCUT2D eigenvalue weighted by atomic mass is 35.5. The second-order valence-corrected chi connectivity index (χ2v) is 5.30. The van der Waals surface area contributed by atoms with Crippen LogP contribution in [-0.4, -0.2) is 12.8 Å². The molecule has 1 heterocycles. The van der Waals surface area contributed by atoms with Gasteiger partial charge in [0, 0.05) is 34.9 Å². The van der Waals surface area contributed by atoms with Gasteiger partial charge in [-0.05, 0) is 35.9 Å². The van der Waals surface area contributed by atoms with Gasteiger partial charge >= 0.3 is 0 Å². The third-order valence-electron chi connectivity index (χ3n) is 3.52. The van der Waals surface area contributed by atoms with E-state index < -0.39 is 0 Å². The number of halogens is 1. The molecule has 20 heavy (non-hydrogen) atoms. The second kappa shape index (κ2) is 5.51. The van der Waals surface area contributed by atoms with E-state index in [2.05, 4.69) is 23.2 Å².